The highest BCUT2D eigenvalue weighted by Crippen LogP contribution is 2.18. The van der Waals surface area contributed by atoms with Gasteiger partial charge in [-0.05, 0) is 17.7 Å². The third-order valence-electron chi connectivity index (χ3n) is 4.01. The van der Waals surface area contributed by atoms with Crippen LogP contribution in [0, 0.1) is 11.3 Å². The van der Waals surface area contributed by atoms with E-state index in [1.165, 1.54) is 5.56 Å². The van der Waals surface area contributed by atoms with Crippen LogP contribution in [0.1, 0.15) is 11.3 Å². The van der Waals surface area contributed by atoms with E-state index in [9.17, 15) is 0 Å². The largest absolute Gasteiger partial charge is 0.481 e. The molecule has 1 fully saturated rings. The van der Waals surface area contributed by atoms with E-state index in [4.69, 9.17) is 10.00 Å². The monoisotopic (exact) mass is 309 g/mol. The van der Waals surface area contributed by atoms with Gasteiger partial charge in [0.1, 0.15) is 11.8 Å². The number of nitrogens with zero attached hydrogens (tertiary/aromatic N) is 5. The molecule has 3 heterocycles. The standard InChI is InChI=1S/C17H19N5O/c1-23-17-3-2-14(12-20-17)13-21-6-8-22(9-7-21)16-4-5-19-15(10-16)11-18/h2-5,10,12H,6-9,13H2,1H3. The van der Waals surface area contributed by atoms with Gasteiger partial charge in [-0.1, -0.05) is 6.07 Å². The second-order valence-corrected chi connectivity index (χ2v) is 5.48. The molecule has 0 spiro atoms. The van der Waals surface area contributed by atoms with Gasteiger partial charge in [0.25, 0.3) is 0 Å². The van der Waals surface area contributed by atoms with Gasteiger partial charge in [0.15, 0.2) is 0 Å². The lowest BCUT2D eigenvalue weighted by Gasteiger charge is -2.36. The number of piperazine rings is 1. The lowest BCUT2D eigenvalue weighted by Crippen LogP contribution is -2.46. The van der Waals surface area contributed by atoms with Crippen molar-refractivity contribution in [3.05, 3.63) is 47.9 Å². The van der Waals surface area contributed by atoms with Crippen molar-refractivity contribution in [3.8, 4) is 11.9 Å². The molecule has 0 aliphatic carbocycles. The van der Waals surface area contributed by atoms with Gasteiger partial charge in [-0.3, -0.25) is 4.90 Å². The summed E-state index contributed by atoms with van der Waals surface area (Å²) in [5.41, 5.74) is 2.73. The fourth-order valence-electron chi connectivity index (χ4n) is 2.72. The highest BCUT2D eigenvalue weighted by Gasteiger charge is 2.17. The number of nitriles is 1. The third-order valence-corrected chi connectivity index (χ3v) is 4.01. The van der Waals surface area contributed by atoms with Gasteiger partial charge in [-0.25, -0.2) is 9.97 Å². The lowest BCUT2D eigenvalue weighted by molar-refractivity contribution is 0.249. The minimum atomic E-state index is 0.467. The summed E-state index contributed by atoms with van der Waals surface area (Å²) in [4.78, 5) is 13.0. The Bertz CT molecular complexity index is 687. The van der Waals surface area contributed by atoms with E-state index in [1.807, 2.05) is 24.4 Å². The van der Waals surface area contributed by atoms with Crippen LogP contribution >= 0.6 is 0 Å². The Hall–Kier alpha value is -2.65. The molecule has 0 saturated carbocycles. The number of hydrogen-bond acceptors (Lipinski definition) is 6. The molecule has 118 valence electrons. The number of ether oxygens (including phenoxy) is 1. The Labute approximate surface area is 136 Å². The predicted octanol–water partition coefficient (Wildman–Crippen LogP) is 1.68. The maximum atomic E-state index is 8.95. The molecule has 23 heavy (non-hydrogen) atoms. The Kier molecular flexibility index (Phi) is 4.69. The predicted molar refractivity (Wildman–Crippen MR) is 87.2 cm³/mol. The van der Waals surface area contributed by atoms with Crippen LogP contribution in [0.2, 0.25) is 0 Å². The van der Waals surface area contributed by atoms with Crippen LogP contribution in [-0.2, 0) is 6.54 Å². The van der Waals surface area contributed by atoms with E-state index < -0.39 is 0 Å². The lowest BCUT2D eigenvalue weighted by atomic mass is 10.2. The summed E-state index contributed by atoms with van der Waals surface area (Å²) in [6.45, 7) is 4.74. The molecule has 1 saturated heterocycles. The van der Waals surface area contributed by atoms with Crippen molar-refractivity contribution in [1.82, 2.24) is 14.9 Å². The van der Waals surface area contributed by atoms with Gasteiger partial charge in [0.2, 0.25) is 5.88 Å². The van der Waals surface area contributed by atoms with Crippen LogP contribution in [0.25, 0.3) is 0 Å². The van der Waals surface area contributed by atoms with Gasteiger partial charge in [0, 0.05) is 56.9 Å². The fraction of sp³-hybridized carbons (Fsp3) is 0.353. The summed E-state index contributed by atoms with van der Waals surface area (Å²) >= 11 is 0. The molecule has 0 unspecified atom stereocenters. The number of hydrogen-bond donors (Lipinski definition) is 0. The van der Waals surface area contributed by atoms with E-state index >= 15 is 0 Å². The third kappa shape index (κ3) is 3.76. The first-order chi connectivity index (χ1) is 11.3. The quantitative estimate of drug-likeness (QED) is 0.856. The summed E-state index contributed by atoms with van der Waals surface area (Å²) in [5.74, 6) is 0.643. The number of methoxy groups -OCH3 is 1. The van der Waals surface area contributed by atoms with Crippen LogP contribution in [-0.4, -0.2) is 48.2 Å². The van der Waals surface area contributed by atoms with E-state index in [2.05, 4.69) is 31.9 Å². The summed E-state index contributed by atoms with van der Waals surface area (Å²) < 4.78 is 5.08. The maximum absolute atomic E-state index is 8.95. The number of pyridine rings is 2. The van der Waals surface area contributed by atoms with Crippen molar-refractivity contribution >= 4 is 5.69 Å². The Balaban J connectivity index is 1.56. The van der Waals surface area contributed by atoms with E-state index in [0.717, 1.165) is 38.4 Å². The Morgan fingerprint density at radius 3 is 2.65 bits per heavy atom. The number of aromatic nitrogens is 2. The number of anilines is 1. The molecule has 2 aromatic rings. The minimum absolute atomic E-state index is 0.467. The van der Waals surface area contributed by atoms with Crippen LogP contribution < -0.4 is 9.64 Å². The van der Waals surface area contributed by atoms with E-state index in [-0.39, 0.29) is 0 Å². The zero-order valence-electron chi connectivity index (χ0n) is 13.1. The molecular weight excluding hydrogens is 290 g/mol. The average Bonchev–Trinajstić information content (AvgIpc) is 2.63. The van der Waals surface area contributed by atoms with Crippen LogP contribution in [0.5, 0.6) is 5.88 Å². The van der Waals surface area contributed by atoms with Crippen LogP contribution in [0.4, 0.5) is 5.69 Å². The molecule has 0 atom stereocenters. The maximum Gasteiger partial charge on any atom is 0.212 e. The molecule has 2 aromatic heterocycles. The summed E-state index contributed by atoms with van der Waals surface area (Å²) in [6.07, 6.45) is 3.57. The van der Waals surface area contributed by atoms with Crippen molar-refractivity contribution in [1.29, 1.82) is 5.26 Å². The molecule has 1 aliphatic heterocycles. The van der Waals surface area contributed by atoms with Gasteiger partial charge in [-0.15, -0.1) is 0 Å². The molecule has 3 rings (SSSR count). The first kappa shape index (κ1) is 15.3. The van der Waals surface area contributed by atoms with E-state index in [1.54, 1.807) is 13.3 Å². The Morgan fingerprint density at radius 1 is 1.17 bits per heavy atom. The zero-order valence-corrected chi connectivity index (χ0v) is 13.1. The summed E-state index contributed by atoms with van der Waals surface area (Å²) in [5, 5.41) is 8.95. The van der Waals surface area contributed by atoms with Gasteiger partial charge in [-0.2, -0.15) is 5.26 Å². The van der Waals surface area contributed by atoms with E-state index in [0.29, 0.717) is 11.6 Å². The average molecular weight is 309 g/mol. The smallest absolute Gasteiger partial charge is 0.212 e. The topological polar surface area (TPSA) is 65.3 Å². The first-order valence-electron chi connectivity index (χ1n) is 7.61. The molecule has 6 heteroatoms. The molecule has 0 bridgehead atoms. The van der Waals surface area contributed by atoms with Gasteiger partial charge < -0.3 is 9.64 Å². The highest BCUT2D eigenvalue weighted by atomic mass is 16.5. The van der Waals surface area contributed by atoms with Crippen molar-refractivity contribution in [2.75, 3.05) is 38.2 Å². The van der Waals surface area contributed by atoms with Gasteiger partial charge in [0.05, 0.1) is 7.11 Å². The SMILES string of the molecule is COc1ccc(CN2CCN(c3ccnc(C#N)c3)CC2)cn1. The normalized spacial score (nSPS) is 15.2. The molecule has 0 radical (unpaired) electrons. The van der Waals surface area contributed by atoms with Gasteiger partial charge >= 0.3 is 0 Å². The molecule has 0 aromatic carbocycles. The van der Waals surface area contributed by atoms with Crippen molar-refractivity contribution in [3.63, 3.8) is 0 Å². The molecule has 6 nitrogen and oxygen atoms in total. The Morgan fingerprint density at radius 2 is 2.00 bits per heavy atom. The number of rotatable bonds is 4. The zero-order chi connectivity index (χ0) is 16.1. The second-order valence-electron chi connectivity index (χ2n) is 5.48. The van der Waals surface area contributed by atoms with Crippen LogP contribution in [0.3, 0.4) is 0 Å². The fourth-order valence-corrected chi connectivity index (χ4v) is 2.72. The molecule has 0 amide bonds. The summed E-state index contributed by atoms with van der Waals surface area (Å²) in [6, 6.07) is 9.85. The summed E-state index contributed by atoms with van der Waals surface area (Å²) in [7, 11) is 1.62. The van der Waals surface area contributed by atoms with Crippen molar-refractivity contribution in [2.24, 2.45) is 0 Å². The molecule has 1 aliphatic rings. The van der Waals surface area contributed by atoms with Crippen LogP contribution in [0.15, 0.2) is 36.7 Å². The van der Waals surface area contributed by atoms with Crippen molar-refractivity contribution in [2.45, 2.75) is 6.54 Å². The first-order valence-corrected chi connectivity index (χ1v) is 7.61. The second kappa shape index (κ2) is 7.07. The minimum Gasteiger partial charge on any atom is -0.481 e. The van der Waals surface area contributed by atoms with Crippen molar-refractivity contribution < 1.29 is 4.74 Å². The molecule has 0 N–H and O–H groups in total. The molecular formula is C17H19N5O. The highest BCUT2D eigenvalue weighted by molar-refractivity contribution is 5.49.